The number of ether oxygens (including phenoxy) is 1. The number of urea groups is 1. The third-order valence-electron chi connectivity index (χ3n) is 5.68. The first kappa shape index (κ1) is 18.2. The maximum Gasteiger partial charge on any atom is 0.321 e. The van der Waals surface area contributed by atoms with Gasteiger partial charge in [0.05, 0.1) is 11.2 Å². The van der Waals surface area contributed by atoms with Gasteiger partial charge in [-0.05, 0) is 24.3 Å². The van der Waals surface area contributed by atoms with Crippen molar-refractivity contribution >= 4 is 22.8 Å². The van der Waals surface area contributed by atoms with E-state index < -0.39 is 0 Å². The molecular formula is C22H24N4O2. The summed E-state index contributed by atoms with van der Waals surface area (Å²) in [5.74, 6) is 0.862. The number of fused-ring (bicyclic) bond motifs is 1. The number of para-hydroxylation sites is 2. The van der Waals surface area contributed by atoms with Gasteiger partial charge in [-0.25, -0.2) is 4.79 Å². The van der Waals surface area contributed by atoms with Gasteiger partial charge in [-0.1, -0.05) is 38.1 Å². The number of hydrogen-bond acceptors (Lipinski definition) is 4. The number of nitrogens with zero attached hydrogens (tertiary/aromatic N) is 3. The highest BCUT2D eigenvalue weighted by Gasteiger charge is 2.53. The van der Waals surface area contributed by atoms with Crippen LogP contribution in [-0.4, -0.2) is 40.1 Å². The van der Waals surface area contributed by atoms with Gasteiger partial charge in [0.2, 0.25) is 0 Å². The molecule has 6 heteroatoms. The fourth-order valence-corrected chi connectivity index (χ4v) is 3.82. The van der Waals surface area contributed by atoms with Crippen molar-refractivity contribution in [3.05, 3.63) is 60.9 Å². The molecule has 1 N–H and O–H groups in total. The van der Waals surface area contributed by atoms with Gasteiger partial charge in [0.15, 0.2) is 0 Å². The summed E-state index contributed by atoms with van der Waals surface area (Å²) >= 11 is 0. The Bertz CT molecular complexity index is 985. The van der Waals surface area contributed by atoms with E-state index in [0.717, 1.165) is 17.7 Å². The van der Waals surface area contributed by atoms with Gasteiger partial charge in [-0.3, -0.25) is 9.97 Å². The number of anilines is 1. The lowest BCUT2D eigenvalue weighted by atomic mass is 9.64. The Hall–Kier alpha value is -3.15. The van der Waals surface area contributed by atoms with E-state index in [1.807, 2.05) is 55.6 Å². The second-order valence-electron chi connectivity index (χ2n) is 7.76. The molecule has 1 aliphatic carbocycles. The number of hydrogen-bond donors (Lipinski definition) is 1. The smallest absolute Gasteiger partial charge is 0.321 e. The average molecular weight is 376 g/mol. The second kappa shape index (κ2) is 7.11. The average Bonchev–Trinajstić information content (AvgIpc) is 2.71. The number of carbonyl (C=O) groups is 1. The van der Waals surface area contributed by atoms with Gasteiger partial charge < -0.3 is 15.0 Å². The SMILES string of the molecule is CN(C(=O)Nc1cccc2nccnc12)C1CC(Oc2ccccc2)C1(C)C. The number of rotatable bonds is 4. The number of nitrogens with one attached hydrogen (secondary N) is 1. The van der Waals surface area contributed by atoms with Crippen molar-refractivity contribution in [1.29, 1.82) is 0 Å². The van der Waals surface area contributed by atoms with E-state index in [1.54, 1.807) is 17.3 Å². The molecule has 1 aromatic heterocycles. The van der Waals surface area contributed by atoms with Crippen LogP contribution in [-0.2, 0) is 0 Å². The van der Waals surface area contributed by atoms with E-state index in [0.29, 0.717) is 11.2 Å². The fraction of sp³-hybridized carbons (Fsp3) is 0.318. The summed E-state index contributed by atoms with van der Waals surface area (Å²) in [7, 11) is 1.83. The highest BCUT2D eigenvalue weighted by atomic mass is 16.5. The summed E-state index contributed by atoms with van der Waals surface area (Å²) in [6, 6.07) is 15.3. The van der Waals surface area contributed by atoms with E-state index >= 15 is 0 Å². The van der Waals surface area contributed by atoms with Crippen LogP contribution in [0.5, 0.6) is 5.75 Å². The Morgan fingerprint density at radius 1 is 1.11 bits per heavy atom. The zero-order valence-corrected chi connectivity index (χ0v) is 16.3. The lowest BCUT2D eigenvalue weighted by Gasteiger charge is -2.54. The van der Waals surface area contributed by atoms with Crippen LogP contribution in [0.4, 0.5) is 10.5 Å². The minimum atomic E-state index is -0.158. The monoisotopic (exact) mass is 376 g/mol. The molecule has 2 unspecified atom stereocenters. The van der Waals surface area contributed by atoms with Gasteiger partial charge in [-0.15, -0.1) is 0 Å². The quantitative estimate of drug-likeness (QED) is 0.735. The summed E-state index contributed by atoms with van der Waals surface area (Å²) in [5.41, 5.74) is 1.95. The summed E-state index contributed by atoms with van der Waals surface area (Å²) in [6.45, 7) is 4.28. The molecular weight excluding hydrogens is 352 g/mol. The molecule has 4 rings (SSSR count). The van der Waals surface area contributed by atoms with Crippen molar-refractivity contribution in [3.8, 4) is 5.75 Å². The van der Waals surface area contributed by atoms with Crippen molar-refractivity contribution in [3.63, 3.8) is 0 Å². The lowest BCUT2D eigenvalue weighted by molar-refractivity contribution is -0.0848. The molecule has 28 heavy (non-hydrogen) atoms. The van der Waals surface area contributed by atoms with E-state index in [2.05, 4.69) is 29.1 Å². The van der Waals surface area contributed by atoms with Crippen molar-refractivity contribution in [2.24, 2.45) is 5.41 Å². The molecule has 2 aromatic carbocycles. The standard InChI is InChI=1S/C22H24N4O2/c1-22(2)18(14-19(22)28-15-8-5-4-6-9-15)26(3)21(27)25-17-11-7-10-16-20(17)24-13-12-23-16/h4-13,18-19H,14H2,1-3H3,(H,25,27). The van der Waals surface area contributed by atoms with Crippen molar-refractivity contribution in [2.75, 3.05) is 12.4 Å². The number of aromatic nitrogens is 2. The van der Waals surface area contributed by atoms with Crippen molar-refractivity contribution in [1.82, 2.24) is 14.9 Å². The van der Waals surface area contributed by atoms with Crippen LogP contribution in [0.2, 0.25) is 0 Å². The van der Waals surface area contributed by atoms with Crippen LogP contribution in [0.3, 0.4) is 0 Å². The molecule has 0 spiro atoms. The van der Waals surface area contributed by atoms with Gasteiger partial charge in [-0.2, -0.15) is 0 Å². The second-order valence-corrected chi connectivity index (χ2v) is 7.76. The lowest BCUT2D eigenvalue weighted by Crippen LogP contribution is -2.63. The number of amides is 2. The molecule has 0 saturated heterocycles. The van der Waals surface area contributed by atoms with Crippen LogP contribution < -0.4 is 10.1 Å². The molecule has 144 valence electrons. The third kappa shape index (κ3) is 3.26. The Morgan fingerprint density at radius 3 is 2.61 bits per heavy atom. The van der Waals surface area contributed by atoms with Crippen LogP contribution in [0.25, 0.3) is 11.0 Å². The fourth-order valence-electron chi connectivity index (χ4n) is 3.82. The van der Waals surface area contributed by atoms with E-state index in [9.17, 15) is 4.79 Å². The van der Waals surface area contributed by atoms with Crippen LogP contribution in [0.1, 0.15) is 20.3 Å². The molecule has 1 saturated carbocycles. The Kier molecular flexibility index (Phi) is 4.63. The maximum absolute atomic E-state index is 12.9. The molecule has 6 nitrogen and oxygen atoms in total. The summed E-state index contributed by atoms with van der Waals surface area (Å²) in [5, 5.41) is 2.98. The van der Waals surface area contributed by atoms with Gasteiger partial charge >= 0.3 is 6.03 Å². The molecule has 1 heterocycles. The molecule has 3 aromatic rings. The Morgan fingerprint density at radius 2 is 1.86 bits per heavy atom. The van der Waals surface area contributed by atoms with E-state index in [-0.39, 0.29) is 23.6 Å². The van der Waals surface area contributed by atoms with E-state index in [4.69, 9.17) is 4.74 Å². The molecule has 0 aliphatic heterocycles. The first-order valence-corrected chi connectivity index (χ1v) is 9.42. The largest absolute Gasteiger partial charge is 0.490 e. The number of carbonyl (C=O) groups excluding carboxylic acids is 1. The zero-order chi connectivity index (χ0) is 19.7. The maximum atomic E-state index is 12.9. The van der Waals surface area contributed by atoms with Gasteiger partial charge in [0, 0.05) is 37.3 Å². The predicted molar refractivity (Wildman–Crippen MR) is 109 cm³/mol. The first-order valence-electron chi connectivity index (χ1n) is 9.42. The normalized spacial score (nSPS) is 20.2. The molecule has 2 amide bonds. The molecule has 2 atom stereocenters. The van der Waals surface area contributed by atoms with Crippen LogP contribution in [0.15, 0.2) is 60.9 Å². The van der Waals surface area contributed by atoms with Gasteiger partial charge in [0.25, 0.3) is 0 Å². The molecule has 0 bridgehead atoms. The van der Waals surface area contributed by atoms with Crippen molar-refractivity contribution < 1.29 is 9.53 Å². The predicted octanol–water partition coefficient (Wildman–Crippen LogP) is 4.34. The minimum absolute atomic E-state index is 0.0681. The highest BCUT2D eigenvalue weighted by molar-refractivity contribution is 5.98. The van der Waals surface area contributed by atoms with Crippen LogP contribution in [0, 0.1) is 5.41 Å². The van der Waals surface area contributed by atoms with Crippen LogP contribution >= 0.6 is 0 Å². The topological polar surface area (TPSA) is 67.4 Å². The van der Waals surface area contributed by atoms with Crippen molar-refractivity contribution in [2.45, 2.75) is 32.4 Å². The summed E-state index contributed by atoms with van der Waals surface area (Å²) in [4.78, 5) is 23.3. The molecule has 0 radical (unpaired) electrons. The Balaban J connectivity index is 1.44. The summed E-state index contributed by atoms with van der Waals surface area (Å²) < 4.78 is 6.13. The molecule has 1 aliphatic rings. The first-order chi connectivity index (χ1) is 13.5. The summed E-state index contributed by atoms with van der Waals surface area (Å²) in [6.07, 6.45) is 4.13. The number of benzene rings is 2. The Labute approximate surface area is 164 Å². The van der Waals surface area contributed by atoms with Gasteiger partial charge in [0.1, 0.15) is 17.4 Å². The molecule has 1 fully saturated rings. The third-order valence-corrected chi connectivity index (χ3v) is 5.68. The highest BCUT2D eigenvalue weighted by Crippen LogP contribution is 2.45. The minimum Gasteiger partial charge on any atom is -0.490 e. The van der Waals surface area contributed by atoms with E-state index in [1.165, 1.54) is 0 Å². The zero-order valence-electron chi connectivity index (χ0n) is 16.3.